The van der Waals surface area contributed by atoms with E-state index in [4.69, 9.17) is 10.2 Å². The summed E-state index contributed by atoms with van der Waals surface area (Å²) in [5.74, 6) is -2.67. The van der Waals surface area contributed by atoms with Crippen LogP contribution in [0.15, 0.2) is 18.2 Å². The summed E-state index contributed by atoms with van der Waals surface area (Å²) < 4.78 is 0. The summed E-state index contributed by atoms with van der Waals surface area (Å²) in [5.41, 5.74) is 3.10. The number of hydrogen-bond acceptors (Lipinski definition) is 3. The van der Waals surface area contributed by atoms with Gasteiger partial charge in [-0.15, -0.1) is 0 Å². The zero-order chi connectivity index (χ0) is 16.9. The number of carbonyl (C=O) groups is 3. The average Bonchev–Trinajstić information content (AvgIpc) is 2.42. The highest BCUT2D eigenvalue weighted by Gasteiger charge is 2.24. The van der Waals surface area contributed by atoms with Crippen LogP contribution in [0, 0.1) is 13.8 Å². The number of nitrogens with zero attached hydrogens (tertiary/aromatic N) is 1. The van der Waals surface area contributed by atoms with Crippen molar-refractivity contribution in [1.82, 2.24) is 10.2 Å². The molecule has 0 aromatic heterocycles. The van der Waals surface area contributed by atoms with Gasteiger partial charge in [0.25, 0.3) is 0 Å². The average molecular weight is 308 g/mol. The number of carbonyl (C=O) groups excluding carboxylic acids is 1. The van der Waals surface area contributed by atoms with E-state index < -0.39 is 30.4 Å². The van der Waals surface area contributed by atoms with Gasteiger partial charge in [0, 0.05) is 13.6 Å². The fraction of sp³-hybridized carbons (Fsp3) is 0.400. The molecule has 7 nitrogen and oxygen atoms in total. The highest BCUT2D eigenvalue weighted by Crippen LogP contribution is 2.14. The second kappa shape index (κ2) is 7.44. The summed E-state index contributed by atoms with van der Waals surface area (Å²) in [7, 11) is 1.52. The van der Waals surface area contributed by atoms with E-state index in [0.29, 0.717) is 6.54 Å². The summed E-state index contributed by atoms with van der Waals surface area (Å²) >= 11 is 0. The number of hydrogen-bond donors (Lipinski definition) is 3. The highest BCUT2D eigenvalue weighted by molar-refractivity contribution is 5.86. The van der Waals surface area contributed by atoms with Gasteiger partial charge in [0.1, 0.15) is 6.04 Å². The minimum absolute atomic E-state index is 0.304. The van der Waals surface area contributed by atoms with Crippen molar-refractivity contribution in [2.24, 2.45) is 0 Å². The van der Waals surface area contributed by atoms with Crippen molar-refractivity contribution in [2.45, 2.75) is 32.9 Å². The Kier molecular flexibility index (Phi) is 5.91. The van der Waals surface area contributed by atoms with E-state index in [9.17, 15) is 14.4 Å². The van der Waals surface area contributed by atoms with Crippen LogP contribution in [0.2, 0.25) is 0 Å². The molecule has 0 heterocycles. The Bertz CT molecular complexity index is 585. The maximum absolute atomic E-state index is 12.0. The number of rotatable bonds is 6. The number of carboxylic acids is 2. The minimum Gasteiger partial charge on any atom is -0.481 e. The first kappa shape index (κ1) is 17.5. The standard InChI is InChI=1S/C15H20N2O5/c1-9-5-4-6-11(10(9)2)8-17(3)15(22)16-12(14(20)21)7-13(18)19/h4-6,12H,7-8H2,1-3H3,(H,16,22)(H,18,19)(H,20,21). The summed E-state index contributed by atoms with van der Waals surface area (Å²) in [6.45, 7) is 4.21. The van der Waals surface area contributed by atoms with Crippen molar-refractivity contribution in [3.63, 3.8) is 0 Å². The lowest BCUT2D eigenvalue weighted by Crippen LogP contribution is -2.47. The fourth-order valence-corrected chi connectivity index (χ4v) is 1.94. The Labute approximate surface area is 128 Å². The first-order valence-corrected chi connectivity index (χ1v) is 6.73. The van der Waals surface area contributed by atoms with Crippen LogP contribution in [-0.4, -0.2) is 46.2 Å². The molecule has 7 heteroatoms. The second-order valence-corrected chi connectivity index (χ2v) is 5.15. The maximum Gasteiger partial charge on any atom is 0.326 e. The number of carboxylic acid groups (broad SMARTS) is 2. The first-order valence-electron chi connectivity index (χ1n) is 6.73. The van der Waals surface area contributed by atoms with Gasteiger partial charge in [0.2, 0.25) is 0 Å². The first-order chi connectivity index (χ1) is 10.2. The van der Waals surface area contributed by atoms with Crippen LogP contribution in [0.4, 0.5) is 4.79 Å². The van der Waals surface area contributed by atoms with Gasteiger partial charge in [-0.05, 0) is 30.5 Å². The second-order valence-electron chi connectivity index (χ2n) is 5.15. The Morgan fingerprint density at radius 2 is 1.86 bits per heavy atom. The van der Waals surface area contributed by atoms with Gasteiger partial charge in [-0.2, -0.15) is 0 Å². The van der Waals surface area contributed by atoms with Crippen molar-refractivity contribution < 1.29 is 24.6 Å². The van der Waals surface area contributed by atoms with Gasteiger partial charge in [-0.1, -0.05) is 18.2 Å². The van der Waals surface area contributed by atoms with Crippen LogP contribution in [0.1, 0.15) is 23.1 Å². The normalized spacial score (nSPS) is 11.6. The molecule has 0 saturated carbocycles. The molecule has 1 aromatic rings. The van der Waals surface area contributed by atoms with E-state index in [1.54, 1.807) is 0 Å². The molecule has 1 aromatic carbocycles. The van der Waals surface area contributed by atoms with Crippen molar-refractivity contribution >= 4 is 18.0 Å². The molecule has 1 atom stereocenters. The molecular formula is C15H20N2O5. The van der Waals surface area contributed by atoms with Gasteiger partial charge >= 0.3 is 18.0 Å². The molecule has 120 valence electrons. The van der Waals surface area contributed by atoms with Gasteiger partial charge in [0.05, 0.1) is 6.42 Å². The molecule has 0 aliphatic heterocycles. The van der Waals surface area contributed by atoms with E-state index in [2.05, 4.69) is 5.32 Å². The van der Waals surface area contributed by atoms with Crippen LogP contribution in [0.3, 0.4) is 0 Å². The number of benzene rings is 1. The number of urea groups is 1. The molecule has 3 N–H and O–H groups in total. The van der Waals surface area contributed by atoms with Crippen molar-refractivity contribution in [1.29, 1.82) is 0 Å². The molecule has 0 saturated heterocycles. The fourth-order valence-electron chi connectivity index (χ4n) is 1.94. The lowest BCUT2D eigenvalue weighted by Gasteiger charge is -2.22. The smallest absolute Gasteiger partial charge is 0.326 e. The van der Waals surface area contributed by atoms with Crippen LogP contribution >= 0.6 is 0 Å². The molecule has 2 amide bonds. The zero-order valence-corrected chi connectivity index (χ0v) is 12.8. The molecule has 22 heavy (non-hydrogen) atoms. The Balaban J connectivity index is 2.74. The van der Waals surface area contributed by atoms with Gasteiger partial charge in [0.15, 0.2) is 0 Å². The van der Waals surface area contributed by atoms with Crippen LogP contribution < -0.4 is 5.32 Å². The Morgan fingerprint density at radius 1 is 1.23 bits per heavy atom. The molecular weight excluding hydrogens is 288 g/mol. The molecule has 0 spiro atoms. The predicted octanol–water partition coefficient (Wildman–Crippen LogP) is 1.37. The number of nitrogens with one attached hydrogen (secondary N) is 1. The third-order valence-corrected chi connectivity index (χ3v) is 3.45. The molecule has 1 unspecified atom stereocenters. The van der Waals surface area contributed by atoms with Crippen molar-refractivity contribution in [3.05, 3.63) is 34.9 Å². The molecule has 0 bridgehead atoms. The van der Waals surface area contributed by atoms with Crippen molar-refractivity contribution in [3.8, 4) is 0 Å². The molecule has 0 aliphatic rings. The maximum atomic E-state index is 12.0. The van der Waals surface area contributed by atoms with E-state index >= 15 is 0 Å². The lowest BCUT2D eigenvalue weighted by molar-refractivity contribution is -0.145. The summed E-state index contributed by atoms with van der Waals surface area (Å²) in [4.78, 5) is 34.9. The van der Waals surface area contributed by atoms with E-state index in [-0.39, 0.29) is 0 Å². The topological polar surface area (TPSA) is 107 Å². The number of aliphatic carboxylic acids is 2. The van der Waals surface area contributed by atoms with E-state index in [0.717, 1.165) is 16.7 Å². The van der Waals surface area contributed by atoms with Crippen LogP contribution in [0.5, 0.6) is 0 Å². The quantitative estimate of drug-likeness (QED) is 0.736. The van der Waals surface area contributed by atoms with Crippen molar-refractivity contribution in [2.75, 3.05) is 7.05 Å². The highest BCUT2D eigenvalue weighted by atomic mass is 16.4. The monoisotopic (exact) mass is 308 g/mol. The largest absolute Gasteiger partial charge is 0.481 e. The van der Waals surface area contributed by atoms with Gasteiger partial charge < -0.3 is 20.4 Å². The van der Waals surface area contributed by atoms with Crippen LogP contribution in [-0.2, 0) is 16.1 Å². The molecule has 1 rings (SSSR count). The van der Waals surface area contributed by atoms with Crippen LogP contribution in [0.25, 0.3) is 0 Å². The number of amides is 2. The minimum atomic E-state index is -1.45. The third-order valence-electron chi connectivity index (χ3n) is 3.45. The molecule has 0 radical (unpaired) electrons. The molecule has 0 fully saturated rings. The Hall–Kier alpha value is -2.57. The third kappa shape index (κ3) is 4.76. The SMILES string of the molecule is Cc1cccc(CN(C)C(=O)NC(CC(=O)O)C(=O)O)c1C. The predicted molar refractivity (Wildman–Crippen MR) is 79.6 cm³/mol. The number of aryl methyl sites for hydroxylation is 1. The van der Waals surface area contributed by atoms with E-state index in [1.807, 2.05) is 32.0 Å². The summed E-state index contributed by atoms with van der Waals surface area (Å²) in [5, 5.41) is 19.8. The van der Waals surface area contributed by atoms with E-state index in [1.165, 1.54) is 11.9 Å². The zero-order valence-electron chi connectivity index (χ0n) is 12.8. The summed E-state index contributed by atoms with van der Waals surface area (Å²) in [6, 6.07) is 3.65. The summed E-state index contributed by atoms with van der Waals surface area (Å²) in [6.07, 6.45) is -0.668. The lowest BCUT2D eigenvalue weighted by atomic mass is 10.0. The Morgan fingerprint density at radius 3 is 2.41 bits per heavy atom. The molecule has 0 aliphatic carbocycles. The van der Waals surface area contributed by atoms with Gasteiger partial charge in [-0.25, -0.2) is 9.59 Å². The van der Waals surface area contributed by atoms with Gasteiger partial charge in [-0.3, -0.25) is 4.79 Å².